The normalized spacial score (nSPS) is 10.8. The Morgan fingerprint density at radius 3 is 2.54 bits per heavy atom. The summed E-state index contributed by atoms with van der Waals surface area (Å²) in [6.07, 6.45) is 0. The fraction of sp³-hybridized carbons (Fsp3) is 0.211. The summed E-state index contributed by atoms with van der Waals surface area (Å²) in [5.41, 5.74) is 0.782. The zero-order valence-corrected chi connectivity index (χ0v) is 15.8. The number of carbonyl (C=O) groups excluding carboxylic acids is 2. The van der Waals surface area contributed by atoms with Crippen LogP contribution in [0.1, 0.15) is 6.92 Å². The van der Waals surface area contributed by atoms with E-state index in [1.807, 2.05) is 12.1 Å². The molecule has 1 aromatic heterocycles. The smallest absolute Gasteiger partial charge is 0.257 e. The predicted molar refractivity (Wildman–Crippen MR) is 102 cm³/mol. The molecule has 0 radical (unpaired) electrons. The number of thioether (sulfide) groups is 1. The van der Waals surface area contributed by atoms with E-state index in [4.69, 9.17) is 4.42 Å². The van der Waals surface area contributed by atoms with Crippen molar-refractivity contribution in [2.45, 2.75) is 12.1 Å². The van der Waals surface area contributed by atoms with Crippen molar-refractivity contribution in [3.8, 4) is 0 Å². The number of benzene rings is 2. The minimum Gasteiger partial charge on any atom is -0.431 e. The highest BCUT2D eigenvalue weighted by Gasteiger charge is 2.19. The summed E-state index contributed by atoms with van der Waals surface area (Å²) in [6, 6.07) is 10.5. The van der Waals surface area contributed by atoms with E-state index in [0.29, 0.717) is 16.3 Å². The molecular weight excluding hydrogens is 388 g/mol. The number of likely N-dealkylation sites (N-methyl/N-ethyl adjacent to an activating group) is 1. The molecule has 0 saturated carbocycles. The first-order chi connectivity index (χ1) is 13.5. The van der Waals surface area contributed by atoms with E-state index in [1.165, 1.54) is 11.0 Å². The van der Waals surface area contributed by atoms with Crippen LogP contribution in [0.4, 0.5) is 14.5 Å². The Bertz CT molecular complexity index is 956. The molecule has 1 N–H and O–H groups in total. The molecule has 0 atom stereocenters. The number of fused-ring (bicyclic) bond motifs is 1. The van der Waals surface area contributed by atoms with Gasteiger partial charge in [-0.2, -0.15) is 0 Å². The molecule has 0 bridgehead atoms. The third-order valence-corrected chi connectivity index (χ3v) is 4.70. The lowest BCUT2D eigenvalue weighted by molar-refractivity contribution is -0.132. The largest absolute Gasteiger partial charge is 0.431 e. The molecule has 0 fully saturated rings. The van der Waals surface area contributed by atoms with Crippen LogP contribution in [0.25, 0.3) is 11.1 Å². The van der Waals surface area contributed by atoms with Crippen molar-refractivity contribution in [2.24, 2.45) is 0 Å². The van der Waals surface area contributed by atoms with Crippen molar-refractivity contribution in [1.82, 2.24) is 9.88 Å². The van der Waals surface area contributed by atoms with Crippen LogP contribution in [0.2, 0.25) is 0 Å². The van der Waals surface area contributed by atoms with E-state index in [0.717, 1.165) is 23.9 Å². The molecule has 28 heavy (non-hydrogen) atoms. The fourth-order valence-electron chi connectivity index (χ4n) is 2.47. The molecular formula is C19H17F2N3O3S. The number of oxazole rings is 1. The van der Waals surface area contributed by atoms with Crippen molar-refractivity contribution >= 4 is 40.4 Å². The van der Waals surface area contributed by atoms with Crippen molar-refractivity contribution in [3.63, 3.8) is 0 Å². The second kappa shape index (κ2) is 8.83. The third-order valence-electron chi connectivity index (χ3n) is 3.89. The first-order valence-corrected chi connectivity index (χ1v) is 9.46. The van der Waals surface area contributed by atoms with Crippen LogP contribution in [0, 0.1) is 11.6 Å². The molecule has 0 saturated heterocycles. The van der Waals surface area contributed by atoms with Crippen molar-refractivity contribution in [1.29, 1.82) is 0 Å². The van der Waals surface area contributed by atoms with Gasteiger partial charge in [0.2, 0.25) is 11.8 Å². The number of anilines is 1. The van der Waals surface area contributed by atoms with E-state index in [9.17, 15) is 18.4 Å². The van der Waals surface area contributed by atoms with Gasteiger partial charge in [0.25, 0.3) is 5.22 Å². The predicted octanol–water partition coefficient (Wildman–Crippen LogP) is 3.69. The van der Waals surface area contributed by atoms with Crippen LogP contribution in [0.15, 0.2) is 52.1 Å². The first-order valence-electron chi connectivity index (χ1n) is 8.48. The standard InChI is InChI=1S/C19H17F2N3O3S/c1-2-24(10-16(25)23-18-12(20)6-5-7-13(18)21)17(26)11-28-19-22-14-8-3-4-9-15(14)27-19/h3-9H,2,10-11H2,1H3,(H,23,25). The van der Waals surface area contributed by atoms with Gasteiger partial charge in [-0.3, -0.25) is 9.59 Å². The number of hydrogen-bond donors (Lipinski definition) is 1. The van der Waals surface area contributed by atoms with Gasteiger partial charge in [0, 0.05) is 6.54 Å². The molecule has 146 valence electrons. The molecule has 0 spiro atoms. The summed E-state index contributed by atoms with van der Waals surface area (Å²) < 4.78 is 32.8. The molecule has 1 heterocycles. The molecule has 3 rings (SSSR count). The number of halogens is 2. The maximum absolute atomic E-state index is 13.6. The second-order valence-corrected chi connectivity index (χ2v) is 6.72. The minimum absolute atomic E-state index is 0.0159. The van der Waals surface area contributed by atoms with Crippen LogP contribution in [0.3, 0.4) is 0 Å². The average molecular weight is 405 g/mol. The van der Waals surface area contributed by atoms with E-state index in [1.54, 1.807) is 19.1 Å². The van der Waals surface area contributed by atoms with E-state index in [2.05, 4.69) is 10.3 Å². The Kier molecular flexibility index (Phi) is 6.25. The number of para-hydroxylation sites is 3. The molecule has 6 nitrogen and oxygen atoms in total. The SMILES string of the molecule is CCN(CC(=O)Nc1c(F)cccc1F)C(=O)CSc1nc2ccccc2o1. The van der Waals surface area contributed by atoms with E-state index >= 15 is 0 Å². The third kappa shape index (κ3) is 4.66. The number of nitrogens with one attached hydrogen (secondary N) is 1. The van der Waals surface area contributed by atoms with Crippen LogP contribution in [-0.4, -0.2) is 40.5 Å². The number of amides is 2. The van der Waals surface area contributed by atoms with Gasteiger partial charge >= 0.3 is 0 Å². The topological polar surface area (TPSA) is 75.4 Å². The molecule has 2 amide bonds. The summed E-state index contributed by atoms with van der Waals surface area (Å²) >= 11 is 1.11. The molecule has 0 aliphatic rings. The number of rotatable bonds is 7. The summed E-state index contributed by atoms with van der Waals surface area (Å²) in [4.78, 5) is 30.0. The number of carbonyl (C=O) groups is 2. The van der Waals surface area contributed by atoms with Gasteiger partial charge in [-0.05, 0) is 31.2 Å². The van der Waals surface area contributed by atoms with Gasteiger partial charge in [0.15, 0.2) is 5.58 Å². The first kappa shape index (κ1) is 19.8. The van der Waals surface area contributed by atoms with Gasteiger partial charge in [-0.15, -0.1) is 0 Å². The minimum atomic E-state index is -0.880. The summed E-state index contributed by atoms with van der Waals surface area (Å²) in [5.74, 6) is -2.75. The lowest BCUT2D eigenvalue weighted by Gasteiger charge is -2.20. The lowest BCUT2D eigenvalue weighted by Crippen LogP contribution is -2.39. The highest BCUT2D eigenvalue weighted by Crippen LogP contribution is 2.23. The molecule has 0 unspecified atom stereocenters. The van der Waals surface area contributed by atoms with Crippen LogP contribution in [-0.2, 0) is 9.59 Å². The second-order valence-electron chi connectivity index (χ2n) is 5.79. The summed E-state index contributed by atoms with van der Waals surface area (Å²) in [7, 11) is 0. The molecule has 9 heteroatoms. The van der Waals surface area contributed by atoms with Gasteiger partial charge in [-0.25, -0.2) is 13.8 Å². The number of hydrogen-bond acceptors (Lipinski definition) is 5. The Balaban J connectivity index is 1.57. The Hall–Kier alpha value is -2.94. The van der Waals surface area contributed by atoms with Gasteiger partial charge < -0.3 is 14.6 Å². The van der Waals surface area contributed by atoms with Gasteiger partial charge in [-0.1, -0.05) is 30.0 Å². The van der Waals surface area contributed by atoms with Gasteiger partial charge in [0.1, 0.15) is 22.8 Å². The average Bonchev–Trinajstić information content (AvgIpc) is 3.10. The van der Waals surface area contributed by atoms with Crippen LogP contribution >= 0.6 is 11.8 Å². The van der Waals surface area contributed by atoms with Crippen LogP contribution in [0.5, 0.6) is 0 Å². The Morgan fingerprint density at radius 2 is 1.86 bits per heavy atom. The molecule has 0 aliphatic carbocycles. The fourth-order valence-corrected chi connectivity index (χ4v) is 3.21. The summed E-state index contributed by atoms with van der Waals surface area (Å²) in [6.45, 7) is 1.65. The maximum Gasteiger partial charge on any atom is 0.257 e. The van der Waals surface area contributed by atoms with Crippen LogP contribution < -0.4 is 5.32 Å². The molecule has 3 aromatic rings. The quantitative estimate of drug-likeness (QED) is 0.607. The number of aromatic nitrogens is 1. The summed E-state index contributed by atoms with van der Waals surface area (Å²) in [5, 5.41) is 2.52. The Morgan fingerprint density at radius 1 is 1.14 bits per heavy atom. The zero-order chi connectivity index (χ0) is 20.1. The van der Waals surface area contributed by atoms with Gasteiger partial charge in [0.05, 0.1) is 12.3 Å². The van der Waals surface area contributed by atoms with Crippen molar-refractivity contribution in [3.05, 3.63) is 54.1 Å². The number of nitrogens with zero attached hydrogens (tertiary/aromatic N) is 2. The highest BCUT2D eigenvalue weighted by molar-refractivity contribution is 7.99. The van der Waals surface area contributed by atoms with Crippen molar-refractivity contribution in [2.75, 3.05) is 24.2 Å². The lowest BCUT2D eigenvalue weighted by atomic mass is 10.3. The molecule has 2 aromatic carbocycles. The highest BCUT2D eigenvalue weighted by atomic mass is 32.2. The van der Waals surface area contributed by atoms with Crippen molar-refractivity contribution < 1.29 is 22.8 Å². The Labute approximate surface area is 163 Å². The monoisotopic (exact) mass is 405 g/mol. The van der Waals surface area contributed by atoms with E-state index in [-0.39, 0.29) is 24.7 Å². The molecule has 0 aliphatic heterocycles. The maximum atomic E-state index is 13.6. The zero-order valence-electron chi connectivity index (χ0n) is 14.9. The van der Waals surface area contributed by atoms with E-state index < -0.39 is 23.2 Å².